The molecule has 18 heavy (non-hydrogen) atoms. The number of thioether (sulfide) groups is 1. The molecule has 1 aromatic heterocycles. The summed E-state index contributed by atoms with van der Waals surface area (Å²) in [5.74, 6) is 0.732. The number of rotatable bonds is 6. The summed E-state index contributed by atoms with van der Waals surface area (Å²) in [7, 11) is 0. The fourth-order valence-electron chi connectivity index (χ4n) is 1.16. The lowest BCUT2D eigenvalue weighted by Crippen LogP contribution is -2.27. The third-order valence-electron chi connectivity index (χ3n) is 2.05. The van der Waals surface area contributed by atoms with Gasteiger partial charge in [-0.3, -0.25) is 9.59 Å². The van der Waals surface area contributed by atoms with E-state index in [1.54, 1.807) is 11.8 Å². The van der Waals surface area contributed by atoms with Gasteiger partial charge in [-0.2, -0.15) is 0 Å². The normalized spacial score (nSPS) is 11.3. The molecule has 0 aliphatic heterocycles. The van der Waals surface area contributed by atoms with E-state index in [4.69, 9.17) is 0 Å². The van der Waals surface area contributed by atoms with Crippen LogP contribution in [0, 0.1) is 0 Å². The fourth-order valence-corrected chi connectivity index (χ4v) is 1.89. The Hall–Kier alpha value is -1.56. The molecule has 6 heteroatoms. The van der Waals surface area contributed by atoms with Gasteiger partial charge >= 0.3 is 0 Å². The van der Waals surface area contributed by atoms with E-state index in [2.05, 4.69) is 22.2 Å². The van der Waals surface area contributed by atoms with Gasteiger partial charge in [-0.1, -0.05) is 6.92 Å². The highest BCUT2D eigenvalue weighted by molar-refractivity contribution is 8.02. The topological polar surface area (TPSA) is 74.8 Å². The summed E-state index contributed by atoms with van der Waals surface area (Å²) in [6, 6.07) is 1.18. The Bertz CT molecular complexity index is 482. The van der Waals surface area contributed by atoms with Crippen LogP contribution in [0.4, 0.5) is 0 Å². The van der Waals surface area contributed by atoms with E-state index < -0.39 is 0 Å². The molecule has 2 N–H and O–H groups in total. The van der Waals surface area contributed by atoms with Crippen molar-refractivity contribution in [3.8, 4) is 0 Å². The standard InChI is InChI=1S/C12H17N3O2S/c1-3-4-18-7-9(2)6-13-12(17)10-5-11(16)15-8-14-10/h5,7-8H,3-4,6H2,1-2H3,(H,13,17)(H,14,15,16)/b9-7+. The Morgan fingerprint density at radius 3 is 3.06 bits per heavy atom. The molecule has 0 fully saturated rings. The van der Waals surface area contributed by atoms with Crippen LogP contribution in [-0.2, 0) is 0 Å². The molecule has 0 aromatic carbocycles. The van der Waals surface area contributed by atoms with Gasteiger partial charge < -0.3 is 10.3 Å². The number of hydrogen-bond acceptors (Lipinski definition) is 4. The zero-order chi connectivity index (χ0) is 13.4. The summed E-state index contributed by atoms with van der Waals surface area (Å²) in [6.07, 6.45) is 2.34. The SMILES string of the molecule is CCCS/C=C(\C)CNC(=O)c1cc(=O)[nH]cn1. The minimum absolute atomic E-state index is 0.132. The first-order valence-corrected chi connectivity index (χ1v) is 6.78. The molecule has 98 valence electrons. The number of nitrogens with one attached hydrogen (secondary N) is 2. The molecule has 0 bridgehead atoms. The highest BCUT2D eigenvalue weighted by Crippen LogP contribution is 2.07. The van der Waals surface area contributed by atoms with Crippen molar-refractivity contribution in [3.63, 3.8) is 0 Å². The van der Waals surface area contributed by atoms with E-state index in [1.165, 1.54) is 12.4 Å². The van der Waals surface area contributed by atoms with Crippen LogP contribution in [-0.4, -0.2) is 28.2 Å². The molecule has 1 heterocycles. The van der Waals surface area contributed by atoms with Crippen LogP contribution in [0.25, 0.3) is 0 Å². The quantitative estimate of drug-likeness (QED) is 0.767. The van der Waals surface area contributed by atoms with E-state index in [-0.39, 0.29) is 17.2 Å². The molecule has 1 aromatic rings. The van der Waals surface area contributed by atoms with E-state index in [1.807, 2.05) is 12.3 Å². The summed E-state index contributed by atoms with van der Waals surface area (Å²) in [5, 5.41) is 4.75. The number of carbonyl (C=O) groups excluding carboxylic acids is 1. The molecule has 5 nitrogen and oxygen atoms in total. The number of aromatic nitrogens is 2. The summed E-state index contributed by atoms with van der Waals surface area (Å²) >= 11 is 1.73. The second kappa shape index (κ2) is 7.71. The highest BCUT2D eigenvalue weighted by Gasteiger charge is 2.06. The fraction of sp³-hybridized carbons (Fsp3) is 0.417. The third kappa shape index (κ3) is 5.18. The lowest BCUT2D eigenvalue weighted by atomic mass is 10.3. The second-order valence-corrected chi connectivity index (χ2v) is 4.79. The van der Waals surface area contributed by atoms with Crippen molar-refractivity contribution >= 4 is 17.7 Å². The second-order valence-electron chi connectivity index (χ2n) is 3.81. The molecular weight excluding hydrogens is 250 g/mol. The number of amides is 1. The molecule has 0 spiro atoms. The maximum atomic E-state index is 11.7. The lowest BCUT2D eigenvalue weighted by molar-refractivity contribution is 0.0951. The van der Waals surface area contributed by atoms with Gasteiger partial charge in [0.1, 0.15) is 5.69 Å². The molecule has 0 aliphatic carbocycles. The number of aromatic amines is 1. The van der Waals surface area contributed by atoms with Crippen molar-refractivity contribution in [1.29, 1.82) is 0 Å². The zero-order valence-electron chi connectivity index (χ0n) is 10.5. The molecule has 1 amide bonds. The minimum Gasteiger partial charge on any atom is -0.347 e. The van der Waals surface area contributed by atoms with Crippen molar-refractivity contribution in [2.75, 3.05) is 12.3 Å². The van der Waals surface area contributed by atoms with Gasteiger partial charge in [-0.15, -0.1) is 11.8 Å². The Morgan fingerprint density at radius 1 is 1.61 bits per heavy atom. The summed E-state index contributed by atoms with van der Waals surface area (Å²) in [4.78, 5) is 28.9. The third-order valence-corrected chi connectivity index (χ3v) is 3.26. The summed E-state index contributed by atoms with van der Waals surface area (Å²) in [6.45, 7) is 4.54. The summed E-state index contributed by atoms with van der Waals surface area (Å²) < 4.78 is 0. The molecule has 0 unspecified atom stereocenters. The summed E-state index contributed by atoms with van der Waals surface area (Å²) in [5.41, 5.74) is 0.875. The first-order chi connectivity index (χ1) is 8.63. The number of nitrogens with zero attached hydrogens (tertiary/aromatic N) is 1. The van der Waals surface area contributed by atoms with E-state index in [0.717, 1.165) is 17.7 Å². The first-order valence-electron chi connectivity index (χ1n) is 5.73. The van der Waals surface area contributed by atoms with Crippen molar-refractivity contribution in [1.82, 2.24) is 15.3 Å². The highest BCUT2D eigenvalue weighted by atomic mass is 32.2. The number of H-pyrrole nitrogens is 1. The van der Waals surface area contributed by atoms with Crippen molar-refractivity contribution in [2.24, 2.45) is 0 Å². The monoisotopic (exact) mass is 267 g/mol. The maximum Gasteiger partial charge on any atom is 0.270 e. The first kappa shape index (κ1) is 14.5. The molecule has 0 aliphatic rings. The van der Waals surface area contributed by atoms with Crippen LogP contribution in [0.15, 0.2) is 28.2 Å². The van der Waals surface area contributed by atoms with Crippen LogP contribution in [0.2, 0.25) is 0 Å². The lowest BCUT2D eigenvalue weighted by Gasteiger charge is -2.04. The van der Waals surface area contributed by atoms with E-state index in [9.17, 15) is 9.59 Å². The van der Waals surface area contributed by atoms with Crippen LogP contribution >= 0.6 is 11.8 Å². The molecular formula is C12H17N3O2S. The average Bonchev–Trinajstić information content (AvgIpc) is 2.36. The zero-order valence-corrected chi connectivity index (χ0v) is 11.3. The van der Waals surface area contributed by atoms with E-state index >= 15 is 0 Å². The van der Waals surface area contributed by atoms with Gasteiger partial charge in [0.15, 0.2) is 0 Å². The molecule has 0 saturated carbocycles. The van der Waals surface area contributed by atoms with Crippen molar-refractivity contribution in [3.05, 3.63) is 39.4 Å². The van der Waals surface area contributed by atoms with Crippen LogP contribution < -0.4 is 10.9 Å². The van der Waals surface area contributed by atoms with Crippen LogP contribution in [0.3, 0.4) is 0 Å². The largest absolute Gasteiger partial charge is 0.347 e. The van der Waals surface area contributed by atoms with Crippen LogP contribution in [0.5, 0.6) is 0 Å². The number of carbonyl (C=O) groups is 1. The van der Waals surface area contributed by atoms with Gasteiger partial charge in [-0.05, 0) is 30.1 Å². The maximum absolute atomic E-state index is 11.7. The molecule has 1 rings (SSSR count). The predicted molar refractivity (Wildman–Crippen MR) is 73.7 cm³/mol. The molecule has 0 radical (unpaired) electrons. The minimum atomic E-state index is -0.339. The Balaban J connectivity index is 2.46. The van der Waals surface area contributed by atoms with Gasteiger partial charge in [0.25, 0.3) is 11.5 Å². The van der Waals surface area contributed by atoms with Gasteiger partial charge in [0.05, 0.1) is 6.33 Å². The molecule has 0 atom stereocenters. The Morgan fingerprint density at radius 2 is 2.39 bits per heavy atom. The Labute approximate surface area is 110 Å². The Kier molecular flexibility index (Phi) is 6.21. The van der Waals surface area contributed by atoms with Crippen LogP contribution in [0.1, 0.15) is 30.8 Å². The smallest absolute Gasteiger partial charge is 0.270 e. The molecule has 0 saturated heterocycles. The van der Waals surface area contributed by atoms with E-state index in [0.29, 0.717) is 6.54 Å². The van der Waals surface area contributed by atoms with Gasteiger partial charge in [-0.25, -0.2) is 4.98 Å². The average molecular weight is 267 g/mol. The van der Waals surface area contributed by atoms with Crippen molar-refractivity contribution in [2.45, 2.75) is 20.3 Å². The van der Waals surface area contributed by atoms with Gasteiger partial charge in [0, 0.05) is 12.6 Å². The number of hydrogen-bond donors (Lipinski definition) is 2. The predicted octanol–water partition coefficient (Wildman–Crippen LogP) is 1.55. The van der Waals surface area contributed by atoms with Gasteiger partial charge in [0.2, 0.25) is 0 Å². The van der Waals surface area contributed by atoms with Crippen molar-refractivity contribution < 1.29 is 4.79 Å².